The molecule has 0 saturated heterocycles. The van der Waals surface area contributed by atoms with Crippen LogP contribution in [0.2, 0.25) is 0 Å². The van der Waals surface area contributed by atoms with E-state index in [9.17, 15) is 4.79 Å². The van der Waals surface area contributed by atoms with Gasteiger partial charge in [0.25, 0.3) is 0 Å². The van der Waals surface area contributed by atoms with Crippen LogP contribution in [0.25, 0.3) is 0 Å². The highest BCUT2D eigenvalue weighted by molar-refractivity contribution is 5.68. The lowest BCUT2D eigenvalue weighted by atomic mass is 9.88. The van der Waals surface area contributed by atoms with Crippen molar-refractivity contribution in [2.75, 3.05) is 6.61 Å². The van der Waals surface area contributed by atoms with Crippen molar-refractivity contribution >= 4 is 5.97 Å². The molecule has 3 nitrogen and oxygen atoms in total. The Kier molecular flexibility index (Phi) is 3.90. The summed E-state index contributed by atoms with van der Waals surface area (Å²) in [5.41, 5.74) is 2.32. The maximum Gasteiger partial charge on any atom is 0.303 e. The van der Waals surface area contributed by atoms with E-state index >= 15 is 0 Å². The van der Waals surface area contributed by atoms with E-state index < -0.39 is 5.97 Å². The van der Waals surface area contributed by atoms with Crippen molar-refractivity contribution in [3.05, 3.63) is 29.3 Å². The summed E-state index contributed by atoms with van der Waals surface area (Å²) in [4.78, 5) is 11.0. The largest absolute Gasteiger partial charge is 0.493 e. The molecule has 1 aliphatic rings. The van der Waals surface area contributed by atoms with Crippen LogP contribution in [0.1, 0.15) is 56.1 Å². The van der Waals surface area contributed by atoms with Crippen molar-refractivity contribution in [2.24, 2.45) is 0 Å². The maximum atomic E-state index is 11.0. The van der Waals surface area contributed by atoms with E-state index in [1.54, 1.807) is 0 Å². The molecule has 0 radical (unpaired) electrons. The van der Waals surface area contributed by atoms with Crippen molar-refractivity contribution in [2.45, 2.75) is 44.9 Å². The molecule has 1 aromatic carbocycles. The third kappa shape index (κ3) is 2.84. The van der Waals surface area contributed by atoms with Crippen LogP contribution in [-0.4, -0.2) is 17.7 Å². The first-order valence-electron chi connectivity index (χ1n) is 6.56. The van der Waals surface area contributed by atoms with E-state index in [0.29, 0.717) is 12.5 Å². The highest BCUT2D eigenvalue weighted by Crippen LogP contribution is 2.37. The Hall–Kier alpha value is -1.51. The van der Waals surface area contributed by atoms with E-state index in [1.807, 2.05) is 6.07 Å². The number of carboxylic acid groups (broad SMARTS) is 1. The monoisotopic (exact) mass is 248 g/mol. The number of carbonyl (C=O) groups is 1. The fraction of sp³-hybridized carbons (Fsp3) is 0.533. The van der Waals surface area contributed by atoms with E-state index in [0.717, 1.165) is 24.2 Å². The van der Waals surface area contributed by atoms with Crippen LogP contribution in [0.15, 0.2) is 18.2 Å². The molecule has 18 heavy (non-hydrogen) atoms. The van der Waals surface area contributed by atoms with Crippen LogP contribution in [0, 0.1) is 0 Å². The summed E-state index contributed by atoms with van der Waals surface area (Å²) in [5, 5.41) is 9.02. The second-order valence-corrected chi connectivity index (χ2v) is 5.24. The molecule has 0 spiro atoms. The van der Waals surface area contributed by atoms with Gasteiger partial charge in [0.2, 0.25) is 0 Å². The van der Waals surface area contributed by atoms with Crippen LogP contribution in [0.4, 0.5) is 0 Å². The Morgan fingerprint density at radius 3 is 2.94 bits per heavy atom. The van der Waals surface area contributed by atoms with E-state index in [1.165, 1.54) is 5.56 Å². The molecule has 1 heterocycles. The summed E-state index contributed by atoms with van der Waals surface area (Å²) in [6, 6.07) is 6.19. The lowest BCUT2D eigenvalue weighted by molar-refractivity contribution is -0.137. The van der Waals surface area contributed by atoms with Gasteiger partial charge >= 0.3 is 5.97 Å². The second-order valence-electron chi connectivity index (χ2n) is 5.24. The number of fused-ring (bicyclic) bond motifs is 1. The Morgan fingerprint density at radius 1 is 1.50 bits per heavy atom. The third-order valence-electron chi connectivity index (χ3n) is 3.52. The van der Waals surface area contributed by atoms with Crippen LogP contribution >= 0.6 is 0 Å². The summed E-state index contributed by atoms with van der Waals surface area (Å²) in [6.45, 7) is 4.97. The first kappa shape index (κ1) is 12.9. The fourth-order valence-corrected chi connectivity index (χ4v) is 2.47. The molecule has 1 atom stereocenters. The Labute approximate surface area is 108 Å². The van der Waals surface area contributed by atoms with Crippen LogP contribution in [0.5, 0.6) is 5.75 Å². The van der Waals surface area contributed by atoms with Gasteiger partial charge in [-0.3, -0.25) is 4.79 Å². The number of aliphatic carboxylic acids is 1. The van der Waals surface area contributed by atoms with Crippen LogP contribution in [-0.2, 0) is 4.79 Å². The number of rotatable bonds is 3. The van der Waals surface area contributed by atoms with Crippen molar-refractivity contribution in [3.63, 3.8) is 0 Å². The van der Waals surface area contributed by atoms with Crippen molar-refractivity contribution in [1.29, 1.82) is 0 Å². The molecule has 1 N–H and O–H groups in total. The molecule has 0 amide bonds. The highest BCUT2D eigenvalue weighted by atomic mass is 16.5. The summed E-state index contributed by atoms with van der Waals surface area (Å²) < 4.78 is 5.70. The lowest BCUT2D eigenvalue weighted by Gasteiger charge is -2.17. The zero-order valence-electron chi connectivity index (χ0n) is 11.0. The molecule has 1 unspecified atom stereocenters. The third-order valence-corrected chi connectivity index (χ3v) is 3.52. The van der Waals surface area contributed by atoms with Crippen LogP contribution in [0.3, 0.4) is 0 Å². The molecule has 3 heteroatoms. The zero-order chi connectivity index (χ0) is 13.1. The van der Waals surface area contributed by atoms with Crippen molar-refractivity contribution in [3.8, 4) is 5.75 Å². The molecule has 0 aromatic heterocycles. The normalized spacial score (nSPS) is 18.9. The number of hydrogen-bond acceptors (Lipinski definition) is 2. The molecule has 2 rings (SSSR count). The van der Waals surface area contributed by atoms with E-state index in [-0.39, 0.29) is 12.3 Å². The van der Waals surface area contributed by atoms with Gasteiger partial charge in [-0.2, -0.15) is 0 Å². The topological polar surface area (TPSA) is 46.5 Å². The highest BCUT2D eigenvalue weighted by Gasteiger charge is 2.22. The molecule has 0 aliphatic carbocycles. The van der Waals surface area contributed by atoms with Crippen LogP contribution < -0.4 is 4.74 Å². The zero-order valence-corrected chi connectivity index (χ0v) is 11.0. The van der Waals surface area contributed by atoms with Gasteiger partial charge < -0.3 is 9.84 Å². The molecule has 98 valence electrons. The second kappa shape index (κ2) is 5.42. The van der Waals surface area contributed by atoms with Gasteiger partial charge in [0.05, 0.1) is 13.0 Å². The minimum atomic E-state index is -0.734. The molecule has 0 bridgehead atoms. The van der Waals surface area contributed by atoms with E-state index in [4.69, 9.17) is 9.84 Å². The lowest BCUT2D eigenvalue weighted by Crippen LogP contribution is -2.06. The average molecular weight is 248 g/mol. The number of carboxylic acids is 1. The van der Waals surface area contributed by atoms with E-state index in [2.05, 4.69) is 26.0 Å². The Morgan fingerprint density at radius 2 is 2.28 bits per heavy atom. The van der Waals surface area contributed by atoms with Gasteiger partial charge in [-0.1, -0.05) is 26.0 Å². The first-order chi connectivity index (χ1) is 8.58. The molecule has 1 aliphatic heterocycles. The Bertz CT molecular complexity index is 437. The standard InChI is InChI=1S/C15H20O3/c1-10(2)11-5-6-14-13(8-11)12(9-15(16)17)4-3-7-18-14/h5-6,8,10,12H,3-4,7,9H2,1-2H3,(H,16,17). The molecular formula is C15H20O3. The minimum Gasteiger partial charge on any atom is -0.493 e. The minimum absolute atomic E-state index is 0.0821. The molecule has 0 saturated carbocycles. The molecule has 1 aromatic rings. The van der Waals surface area contributed by atoms with Crippen molar-refractivity contribution in [1.82, 2.24) is 0 Å². The van der Waals surface area contributed by atoms with Crippen molar-refractivity contribution < 1.29 is 14.6 Å². The maximum absolute atomic E-state index is 11.0. The van der Waals surface area contributed by atoms with Gasteiger partial charge in [-0.15, -0.1) is 0 Å². The predicted molar refractivity (Wildman–Crippen MR) is 70.3 cm³/mol. The number of hydrogen-bond donors (Lipinski definition) is 1. The van der Waals surface area contributed by atoms with Gasteiger partial charge in [0, 0.05) is 0 Å². The van der Waals surface area contributed by atoms with Gasteiger partial charge in [-0.25, -0.2) is 0 Å². The number of benzene rings is 1. The summed E-state index contributed by atoms with van der Waals surface area (Å²) in [6.07, 6.45) is 2.00. The smallest absolute Gasteiger partial charge is 0.303 e. The van der Waals surface area contributed by atoms with Gasteiger partial charge in [0.15, 0.2) is 0 Å². The molecular weight excluding hydrogens is 228 g/mol. The summed E-state index contributed by atoms with van der Waals surface area (Å²) in [5.74, 6) is 0.661. The average Bonchev–Trinajstić information content (AvgIpc) is 2.50. The molecule has 0 fully saturated rings. The SMILES string of the molecule is CC(C)c1ccc2c(c1)C(CC(=O)O)CCCO2. The summed E-state index contributed by atoms with van der Waals surface area (Å²) in [7, 11) is 0. The Balaban J connectivity index is 2.37. The van der Waals surface area contributed by atoms with Gasteiger partial charge in [0.1, 0.15) is 5.75 Å². The first-order valence-corrected chi connectivity index (χ1v) is 6.56. The predicted octanol–water partition coefficient (Wildman–Crippen LogP) is 3.54. The van der Waals surface area contributed by atoms with Gasteiger partial charge in [-0.05, 0) is 41.9 Å². The summed E-state index contributed by atoms with van der Waals surface area (Å²) >= 11 is 0. The fourth-order valence-electron chi connectivity index (χ4n) is 2.47. The number of ether oxygens (including phenoxy) is 1. The quantitative estimate of drug-likeness (QED) is 0.890.